The topological polar surface area (TPSA) is 130 Å². The lowest BCUT2D eigenvalue weighted by Crippen LogP contribution is -2.40. The predicted molar refractivity (Wildman–Crippen MR) is 67.2 cm³/mol. The Morgan fingerprint density at radius 3 is 2.53 bits per heavy atom. The van der Waals surface area contributed by atoms with Crippen molar-refractivity contribution in [1.29, 1.82) is 0 Å². The Morgan fingerprint density at radius 2 is 2.05 bits per heavy atom. The van der Waals surface area contributed by atoms with E-state index in [9.17, 15) is 13.2 Å². The van der Waals surface area contributed by atoms with Gasteiger partial charge in [0.05, 0.1) is 22.6 Å². The number of aromatic carboxylic acids is 1. The van der Waals surface area contributed by atoms with Crippen molar-refractivity contribution in [2.45, 2.75) is 23.3 Å². The van der Waals surface area contributed by atoms with Gasteiger partial charge >= 0.3 is 5.97 Å². The summed E-state index contributed by atoms with van der Waals surface area (Å²) in [5.41, 5.74) is 4.44. The first-order valence-electron chi connectivity index (χ1n) is 5.57. The summed E-state index contributed by atoms with van der Waals surface area (Å²) in [5, 5.41) is 18.1. The molecule has 104 valence electrons. The molecular formula is C11H14N2O5S. The van der Waals surface area contributed by atoms with E-state index < -0.39 is 21.5 Å². The summed E-state index contributed by atoms with van der Waals surface area (Å²) in [6.45, 7) is -0.322. The summed E-state index contributed by atoms with van der Waals surface area (Å²) in [6.07, 6.45) is 1.04. The number of aliphatic hydroxyl groups is 1. The van der Waals surface area contributed by atoms with Crippen molar-refractivity contribution in [2.24, 2.45) is 0 Å². The van der Waals surface area contributed by atoms with E-state index >= 15 is 0 Å². The molecule has 1 saturated carbocycles. The highest BCUT2D eigenvalue weighted by Crippen LogP contribution is 2.36. The Hall–Kier alpha value is -1.64. The molecule has 2 rings (SSSR count). The lowest BCUT2D eigenvalue weighted by atomic mass is 10.2. The molecule has 0 aromatic heterocycles. The Labute approximate surface area is 110 Å². The molecule has 0 spiro atoms. The van der Waals surface area contributed by atoms with Gasteiger partial charge in [-0.15, -0.1) is 0 Å². The minimum Gasteiger partial charge on any atom is -0.478 e. The molecule has 0 unspecified atom stereocenters. The van der Waals surface area contributed by atoms with E-state index in [1.807, 2.05) is 0 Å². The zero-order valence-corrected chi connectivity index (χ0v) is 10.8. The third-order valence-corrected chi connectivity index (χ3v) is 4.65. The quantitative estimate of drug-likeness (QED) is 0.553. The van der Waals surface area contributed by atoms with Crippen LogP contribution < -0.4 is 10.5 Å². The van der Waals surface area contributed by atoms with Gasteiger partial charge in [-0.2, -0.15) is 0 Å². The molecule has 1 fully saturated rings. The fourth-order valence-electron chi connectivity index (χ4n) is 1.72. The molecule has 8 heteroatoms. The number of sulfonamides is 1. The van der Waals surface area contributed by atoms with Gasteiger partial charge in [0.25, 0.3) is 0 Å². The highest BCUT2D eigenvalue weighted by atomic mass is 32.2. The number of hydrogen-bond donors (Lipinski definition) is 4. The summed E-state index contributed by atoms with van der Waals surface area (Å²) in [7, 11) is -4.04. The third kappa shape index (κ3) is 2.70. The fourth-order valence-corrected chi connectivity index (χ4v) is 3.41. The van der Waals surface area contributed by atoms with Crippen molar-refractivity contribution in [3.05, 3.63) is 23.8 Å². The van der Waals surface area contributed by atoms with Crippen LogP contribution in [0.15, 0.2) is 23.1 Å². The van der Waals surface area contributed by atoms with Crippen LogP contribution in [0.25, 0.3) is 0 Å². The molecule has 1 aliphatic rings. The number of benzene rings is 1. The lowest BCUT2D eigenvalue weighted by molar-refractivity contribution is 0.0692. The summed E-state index contributed by atoms with van der Waals surface area (Å²) in [5.74, 6) is -1.35. The second kappa shape index (κ2) is 4.48. The number of aliphatic hydroxyl groups excluding tert-OH is 1. The molecule has 0 amide bonds. The number of carboxylic acids is 1. The molecule has 1 aromatic carbocycles. The molecule has 1 aromatic rings. The van der Waals surface area contributed by atoms with Crippen molar-refractivity contribution in [3.63, 3.8) is 0 Å². The zero-order valence-electron chi connectivity index (χ0n) is 9.96. The Morgan fingerprint density at radius 1 is 1.42 bits per heavy atom. The van der Waals surface area contributed by atoms with Crippen LogP contribution in [0.3, 0.4) is 0 Å². The van der Waals surface area contributed by atoms with E-state index in [-0.39, 0.29) is 22.8 Å². The second-order valence-electron chi connectivity index (χ2n) is 4.60. The Kier molecular flexibility index (Phi) is 3.25. The van der Waals surface area contributed by atoms with E-state index in [2.05, 4.69) is 4.72 Å². The van der Waals surface area contributed by atoms with Crippen LogP contribution in [0.4, 0.5) is 5.69 Å². The molecule has 0 aliphatic heterocycles. The van der Waals surface area contributed by atoms with Crippen LogP contribution in [0, 0.1) is 0 Å². The van der Waals surface area contributed by atoms with Crippen LogP contribution >= 0.6 is 0 Å². The van der Waals surface area contributed by atoms with Crippen LogP contribution in [-0.4, -0.2) is 36.7 Å². The first kappa shape index (κ1) is 13.8. The number of anilines is 1. The van der Waals surface area contributed by atoms with Crippen molar-refractivity contribution >= 4 is 21.7 Å². The zero-order chi connectivity index (χ0) is 14.3. The van der Waals surface area contributed by atoms with E-state index in [4.69, 9.17) is 15.9 Å². The van der Waals surface area contributed by atoms with Crippen LogP contribution in [0.2, 0.25) is 0 Å². The average Bonchev–Trinajstić information content (AvgIpc) is 3.08. The van der Waals surface area contributed by atoms with E-state index in [1.54, 1.807) is 0 Å². The van der Waals surface area contributed by atoms with Gasteiger partial charge in [-0.25, -0.2) is 17.9 Å². The van der Waals surface area contributed by atoms with Gasteiger partial charge in [0, 0.05) is 5.69 Å². The molecular weight excluding hydrogens is 272 g/mol. The summed E-state index contributed by atoms with van der Waals surface area (Å²) < 4.78 is 26.7. The second-order valence-corrected chi connectivity index (χ2v) is 6.26. The Bertz CT molecular complexity index is 622. The maximum Gasteiger partial charge on any atom is 0.337 e. The fraction of sp³-hybridized carbons (Fsp3) is 0.364. The van der Waals surface area contributed by atoms with Gasteiger partial charge in [0.15, 0.2) is 0 Å². The molecule has 19 heavy (non-hydrogen) atoms. The number of hydrogen-bond acceptors (Lipinski definition) is 5. The average molecular weight is 286 g/mol. The van der Waals surface area contributed by atoms with Gasteiger partial charge in [0.2, 0.25) is 10.0 Å². The molecule has 0 atom stereocenters. The van der Waals surface area contributed by atoms with Gasteiger partial charge in [-0.1, -0.05) is 0 Å². The Balaban J connectivity index is 2.45. The molecule has 5 N–H and O–H groups in total. The van der Waals surface area contributed by atoms with Crippen LogP contribution in [0.1, 0.15) is 23.2 Å². The molecule has 0 heterocycles. The number of carboxylic acid groups (broad SMARTS) is 1. The lowest BCUT2D eigenvalue weighted by Gasteiger charge is -2.16. The minimum atomic E-state index is -4.04. The maximum absolute atomic E-state index is 12.2. The number of nitrogen functional groups attached to an aromatic ring is 1. The van der Waals surface area contributed by atoms with Crippen molar-refractivity contribution in [2.75, 3.05) is 12.3 Å². The van der Waals surface area contributed by atoms with Gasteiger partial charge in [-0.3, -0.25) is 0 Å². The summed E-state index contributed by atoms with van der Waals surface area (Å²) >= 11 is 0. The first-order valence-corrected chi connectivity index (χ1v) is 7.06. The van der Waals surface area contributed by atoms with Gasteiger partial charge in [-0.05, 0) is 31.0 Å². The van der Waals surface area contributed by atoms with Crippen LogP contribution in [-0.2, 0) is 10.0 Å². The van der Waals surface area contributed by atoms with Crippen molar-refractivity contribution < 1.29 is 23.4 Å². The molecule has 1 aliphatic carbocycles. The molecule has 0 bridgehead atoms. The van der Waals surface area contributed by atoms with E-state index in [0.717, 1.165) is 12.1 Å². The largest absolute Gasteiger partial charge is 0.478 e. The van der Waals surface area contributed by atoms with Crippen molar-refractivity contribution in [3.8, 4) is 0 Å². The maximum atomic E-state index is 12.2. The van der Waals surface area contributed by atoms with Crippen molar-refractivity contribution in [1.82, 2.24) is 4.72 Å². The number of carbonyl (C=O) groups is 1. The molecule has 7 nitrogen and oxygen atoms in total. The van der Waals surface area contributed by atoms with E-state index in [1.165, 1.54) is 6.07 Å². The smallest absolute Gasteiger partial charge is 0.337 e. The normalized spacial score (nSPS) is 17.1. The third-order valence-electron chi connectivity index (χ3n) is 3.03. The first-order chi connectivity index (χ1) is 8.80. The highest BCUT2D eigenvalue weighted by Gasteiger charge is 2.46. The highest BCUT2D eigenvalue weighted by molar-refractivity contribution is 7.89. The molecule has 0 radical (unpaired) electrons. The number of rotatable bonds is 5. The van der Waals surface area contributed by atoms with Gasteiger partial charge in [0.1, 0.15) is 0 Å². The SMILES string of the molecule is Nc1ccc(C(=O)O)c(S(=O)(=O)NC2(CO)CC2)c1. The van der Waals surface area contributed by atoms with Crippen LogP contribution in [0.5, 0.6) is 0 Å². The number of nitrogens with two attached hydrogens (primary N) is 1. The standard InChI is InChI=1S/C11H14N2O5S/c12-7-1-2-8(10(15)16)9(5-7)19(17,18)13-11(6-14)3-4-11/h1-2,5,13-14H,3-4,6,12H2,(H,15,16). The summed E-state index contributed by atoms with van der Waals surface area (Å²) in [6, 6.07) is 3.56. The van der Waals surface area contributed by atoms with E-state index in [0.29, 0.717) is 12.8 Å². The minimum absolute atomic E-state index is 0.152. The van der Waals surface area contributed by atoms with Gasteiger partial charge < -0.3 is 15.9 Å². The molecule has 0 saturated heterocycles. The monoisotopic (exact) mass is 286 g/mol. The summed E-state index contributed by atoms with van der Waals surface area (Å²) in [4.78, 5) is 10.7. The number of nitrogens with one attached hydrogen (secondary N) is 1. The predicted octanol–water partition coefficient (Wildman–Crippen LogP) is -0.230.